The maximum atomic E-state index is 11.2. The van der Waals surface area contributed by atoms with Gasteiger partial charge in [0.25, 0.3) is 0 Å². The van der Waals surface area contributed by atoms with Crippen molar-refractivity contribution in [3.05, 3.63) is 88.5 Å². The van der Waals surface area contributed by atoms with Gasteiger partial charge < -0.3 is 50.3 Å². The average molecular weight is 547 g/mol. The van der Waals surface area contributed by atoms with Crippen molar-refractivity contribution in [2.75, 3.05) is 0 Å². The van der Waals surface area contributed by atoms with Crippen LogP contribution in [-0.4, -0.2) is 47.0 Å². The molecular weight excluding hydrogens is 520 g/mol. The number of phenolic OH excluding ortho intramolecular Hbond substituents is 7. The second-order valence-corrected chi connectivity index (χ2v) is 10.1. The molecule has 0 spiro atoms. The minimum absolute atomic E-state index is 0.0211. The Balaban J connectivity index is 1.49. The van der Waals surface area contributed by atoms with Gasteiger partial charge in [-0.3, -0.25) is 0 Å². The molecule has 0 radical (unpaired) electrons. The van der Waals surface area contributed by atoms with Gasteiger partial charge in [-0.1, -0.05) is 18.2 Å². The Kier molecular flexibility index (Phi) is 5.92. The monoisotopic (exact) mass is 546 g/mol. The van der Waals surface area contributed by atoms with Gasteiger partial charge in [0.1, 0.15) is 40.6 Å². The van der Waals surface area contributed by atoms with Crippen LogP contribution in [0.3, 0.4) is 0 Å². The fourth-order valence-corrected chi connectivity index (χ4v) is 5.58. The van der Waals surface area contributed by atoms with E-state index in [2.05, 4.69) is 0 Å². The Morgan fingerprint density at radius 2 is 1.32 bits per heavy atom. The lowest BCUT2D eigenvalue weighted by atomic mass is 9.79. The number of rotatable bonds is 3. The fourth-order valence-electron chi connectivity index (χ4n) is 5.58. The zero-order valence-corrected chi connectivity index (χ0v) is 20.9. The number of aliphatic hydroxyl groups excluding tert-OH is 1. The van der Waals surface area contributed by atoms with Crippen LogP contribution >= 0.6 is 0 Å². The Labute approximate surface area is 227 Å². The van der Waals surface area contributed by atoms with Crippen molar-refractivity contribution < 1.29 is 50.3 Å². The van der Waals surface area contributed by atoms with E-state index in [1.54, 1.807) is 18.2 Å². The maximum absolute atomic E-state index is 11.2. The second-order valence-electron chi connectivity index (χ2n) is 10.1. The van der Waals surface area contributed by atoms with Crippen molar-refractivity contribution >= 4 is 0 Å². The van der Waals surface area contributed by atoms with Crippen molar-refractivity contribution in [3.63, 3.8) is 0 Å². The minimum atomic E-state index is -1.21. The Hall–Kier alpha value is -4.96. The summed E-state index contributed by atoms with van der Waals surface area (Å²) in [6.07, 6.45) is -2.64. The first-order valence-corrected chi connectivity index (χ1v) is 12.6. The van der Waals surface area contributed by atoms with E-state index in [1.165, 1.54) is 30.3 Å². The van der Waals surface area contributed by atoms with Crippen LogP contribution in [-0.2, 0) is 6.42 Å². The summed E-state index contributed by atoms with van der Waals surface area (Å²) in [5, 5.41) is 82.6. The molecule has 206 valence electrons. The largest absolute Gasteiger partial charge is 0.508 e. The third-order valence-corrected chi connectivity index (χ3v) is 7.51. The molecule has 0 aliphatic carbocycles. The summed E-state index contributed by atoms with van der Waals surface area (Å²) in [6.45, 7) is 0. The van der Waals surface area contributed by atoms with Gasteiger partial charge in [0.2, 0.25) is 0 Å². The highest BCUT2D eigenvalue weighted by Crippen LogP contribution is 2.55. The fraction of sp³-hybridized carbons (Fsp3) is 0.200. The maximum Gasteiger partial charge on any atom is 0.200 e. The van der Waals surface area contributed by atoms with Crippen molar-refractivity contribution in [2.24, 2.45) is 0 Å². The number of hydrogen-bond donors (Lipinski definition) is 8. The lowest BCUT2D eigenvalue weighted by molar-refractivity contribution is 0.0183. The van der Waals surface area contributed by atoms with Crippen LogP contribution in [0.4, 0.5) is 0 Å². The number of phenols is 7. The van der Waals surface area contributed by atoms with E-state index in [9.17, 15) is 40.9 Å². The van der Waals surface area contributed by atoms with Crippen LogP contribution < -0.4 is 9.47 Å². The van der Waals surface area contributed by atoms with E-state index in [4.69, 9.17) is 9.47 Å². The molecule has 0 aromatic heterocycles. The predicted molar refractivity (Wildman–Crippen MR) is 140 cm³/mol. The molecule has 0 bridgehead atoms. The van der Waals surface area contributed by atoms with Gasteiger partial charge in [-0.15, -0.1) is 0 Å². The van der Waals surface area contributed by atoms with Gasteiger partial charge in [-0.05, 0) is 42.3 Å². The molecule has 4 aromatic carbocycles. The first-order chi connectivity index (χ1) is 19.1. The van der Waals surface area contributed by atoms with Crippen LogP contribution in [0, 0.1) is 0 Å². The molecule has 0 fully saturated rings. The van der Waals surface area contributed by atoms with Crippen molar-refractivity contribution in [3.8, 4) is 51.7 Å². The summed E-state index contributed by atoms with van der Waals surface area (Å²) in [6, 6.07) is 14.6. The van der Waals surface area contributed by atoms with Gasteiger partial charge >= 0.3 is 0 Å². The van der Waals surface area contributed by atoms with Gasteiger partial charge in [-0.25, -0.2) is 0 Å². The summed E-state index contributed by atoms with van der Waals surface area (Å²) in [5.41, 5.74) is 2.13. The van der Waals surface area contributed by atoms with E-state index in [0.717, 1.165) is 17.7 Å². The molecule has 0 amide bonds. The zero-order valence-electron chi connectivity index (χ0n) is 20.9. The van der Waals surface area contributed by atoms with Crippen LogP contribution in [0.5, 0.6) is 51.7 Å². The molecule has 6 rings (SSSR count). The highest BCUT2D eigenvalue weighted by atomic mass is 16.5. The smallest absolute Gasteiger partial charge is 0.200 e. The molecule has 40 heavy (non-hydrogen) atoms. The van der Waals surface area contributed by atoms with Crippen molar-refractivity contribution in [1.82, 2.24) is 0 Å². The summed E-state index contributed by atoms with van der Waals surface area (Å²) in [4.78, 5) is 0. The van der Waals surface area contributed by atoms with E-state index in [0.29, 0.717) is 23.3 Å². The van der Waals surface area contributed by atoms with Crippen LogP contribution in [0.2, 0.25) is 0 Å². The molecule has 10 heteroatoms. The van der Waals surface area contributed by atoms with Gasteiger partial charge in [0, 0.05) is 46.7 Å². The summed E-state index contributed by atoms with van der Waals surface area (Å²) < 4.78 is 12.4. The van der Waals surface area contributed by atoms with E-state index in [1.807, 2.05) is 0 Å². The summed E-state index contributed by atoms with van der Waals surface area (Å²) in [5.74, 6) is -2.47. The van der Waals surface area contributed by atoms with Crippen LogP contribution in [0.15, 0.2) is 60.7 Å². The van der Waals surface area contributed by atoms with E-state index in [-0.39, 0.29) is 46.3 Å². The quantitative estimate of drug-likeness (QED) is 0.172. The van der Waals surface area contributed by atoms with Crippen LogP contribution in [0.1, 0.15) is 52.4 Å². The second kappa shape index (κ2) is 9.35. The topological polar surface area (TPSA) is 180 Å². The Morgan fingerprint density at radius 3 is 2.02 bits per heavy atom. The first-order valence-electron chi connectivity index (χ1n) is 12.6. The first kappa shape index (κ1) is 25.3. The molecule has 2 aliphatic rings. The number of aliphatic hydroxyl groups is 1. The zero-order chi connectivity index (χ0) is 28.3. The molecular formula is C30H26O10. The minimum Gasteiger partial charge on any atom is -0.508 e. The molecule has 0 unspecified atom stereocenters. The SMILES string of the molecule is Oc1ccc([C@@H]2C[C@@H](c3c(O)cc(O)c4c3O[C@H](c3cc(O)c(O)c(O)c3)[C@@H](O)C4)c3ccc(O)cc3O2)cc1. The number of benzene rings is 4. The summed E-state index contributed by atoms with van der Waals surface area (Å²) in [7, 11) is 0. The summed E-state index contributed by atoms with van der Waals surface area (Å²) >= 11 is 0. The van der Waals surface area contributed by atoms with Gasteiger partial charge in [-0.2, -0.15) is 0 Å². The molecule has 0 saturated heterocycles. The lowest BCUT2D eigenvalue weighted by Crippen LogP contribution is -2.31. The molecule has 4 atom stereocenters. The normalized spacial score (nSPS) is 21.5. The van der Waals surface area contributed by atoms with Gasteiger partial charge in [0.05, 0.1) is 6.10 Å². The average Bonchev–Trinajstić information content (AvgIpc) is 2.91. The van der Waals surface area contributed by atoms with Crippen LogP contribution in [0.25, 0.3) is 0 Å². The number of hydrogen-bond acceptors (Lipinski definition) is 10. The van der Waals surface area contributed by atoms with Gasteiger partial charge in [0.15, 0.2) is 23.4 Å². The third-order valence-electron chi connectivity index (χ3n) is 7.51. The Morgan fingerprint density at radius 1 is 0.650 bits per heavy atom. The molecule has 2 heterocycles. The number of fused-ring (bicyclic) bond motifs is 2. The molecule has 0 saturated carbocycles. The molecule has 4 aromatic rings. The molecule has 2 aliphatic heterocycles. The molecule has 10 nitrogen and oxygen atoms in total. The van der Waals surface area contributed by atoms with Crippen molar-refractivity contribution in [1.29, 1.82) is 0 Å². The number of aromatic hydroxyl groups is 7. The van der Waals surface area contributed by atoms with Crippen molar-refractivity contribution in [2.45, 2.75) is 37.1 Å². The third kappa shape index (κ3) is 4.18. The highest BCUT2D eigenvalue weighted by molar-refractivity contribution is 5.63. The molecule has 8 N–H and O–H groups in total. The lowest BCUT2D eigenvalue weighted by Gasteiger charge is -2.37. The highest BCUT2D eigenvalue weighted by Gasteiger charge is 2.40. The standard InChI is InChI=1S/C30H26O10/c31-15-3-1-13(2-4-15)25-11-18(17-6-5-16(32)9-26(17)39-25)27-21(34)12-20(33)19-10-24(37)29(40-30(19)27)14-7-22(35)28(38)23(36)8-14/h1-9,12,18,24-25,29,31-38H,10-11H2/t18-,24+,25+,29-/m1/s1. The Bertz CT molecular complexity index is 1590. The predicted octanol–water partition coefficient (Wildman–Crippen LogP) is 4.32. The van der Waals surface area contributed by atoms with E-state index < -0.39 is 41.5 Å². The number of ether oxygens (including phenoxy) is 2. The van der Waals surface area contributed by atoms with E-state index >= 15 is 0 Å².